The molecule has 0 aliphatic heterocycles. The zero-order valence-corrected chi connectivity index (χ0v) is 12.2. The van der Waals surface area contributed by atoms with Gasteiger partial charge in [0, 0.05) is 6.04 Å². The highest BCUT2D eigenvalue weighted by molar-refractivity contribution is 5.92. The Morgan fingerprint density at radius 3 is 2.67 bits per heavy atom. The number of benzene rings is 1. The van der Waals surface area contributed by atoms with Crippen LogP contribution in [-0.4, -0.2) is 26.9 Å². The zero-order chi connectivity index (χ0) is 14.7. The summed E-state index contributed by atoms with van der Waals surface area (Å²) in [5, 5.41) is 11.0. The second-order valence-corrected chi connectivity index (χ2v) is 5.52. The second kappa shape index (κ2) is 6.08. The third-order valence-corrected chi connectivity index (χ3v) is 4.03. The Bertz CT molecular complexity index is 611. The molecule has 1 fully saturated rings. The summed E-state index contributed by atoms with van der Waals surface area (Å²) >= 11 is 0. The van der Waals surface area contributed by atoms with E-state index < -0.39 is 0 Å². The van der Waals surface area contributed by atoms with Gasteiger partial charge in [-0.15, -0.1) is 5.10 Å². The number of amides is 1. The molecular formula is C16H20N4O. The van der Waals surface area contributed by atoms with Crippen LogP contribution in [0.5, 0.6) is 0 Å². The van der Waals surface area contributed by atoms with Crippen LogP contribution in [0.3, 0.4) is 0 Å². The molecule has 1 aliphatic rings. The molecule has 0 saturated heterocycles. The highest BCUT2D eigenvalue weighted by Gasteiger charge is 2.19. The average Bonchev–Trinajstić information content (AvgIpc) is 3.18. The first-order chi connectivity index (χ1) is 10.3. The number of carbonyl (C=O) groups is 1. The number of hydrogen-bond acceptors (Lipinski definition) is 3. The monoisotopic (exact) mass is 284 g/mol. The highest BCUT2D eigenvalue weighted by Crippen LogP contribution is 2.18. The van der Waals surface area contributed by atoms with E-state index in [1.807, 2.05) is 12.1 Å². The molecule has 1 aliphatic carbocycles. The van der Waals surface area contributed by atoms with Gasteiger partial charge in [0.25, 0.3) is 5.91 Å². The van der Waals surface area contributed by atoms with Crippen molar-refractivity contribution in [2.75, 3.05) is 0 Å². The first kappa shape index (κ1) is 13.8. The molecule has 0 bridgehead atoms. The van der Waals surface area contributed by atoms with Crippen LogP contribution in [0, 0.1) is 0 Å². The molecular weight excluding hydrogens is 264 g/mol. The Kier molecular flexibility index (Phi) is 3.99. The van der Waals surface area contributed by atoms with Gasteiger partial charge in [-0.25, -0.2) is 4.68 Å². The van der Waals surface area contributed by atoms with Crippen molar-refractivity contribution in [3.63, 3.8) is 0 Å². The maximum atomic E-state index is 12.1. The molecule has 2 aromatic rings. The fourth-order valence-corrected chi connectivity index (χ4v) is 2.71. The van der Waals surface area contributed by atoms with Crippen molar-refractivity contribution in [1.82, 2.24) is 20.3 Å². The van der Waals surface area contributed by atoms with E-state index >= 15 is 0 Å². The van der Waals surface area contributed by atoms with E-state index in [0.717, 1.165) is 24.9 Å². The molecule has 0 atom stereocenters. The Labute approximate surface area is 124 Å². The molecule has 1 aromatic heterocycles. The Balaban J connectivity index is 1.71. The maximum Gasteiger partial charge on any atom is 0.273 e. The SMILES string of the molecule is CCc1ccc(-n2cc(C(=O)NC3CCCC3)nn2)cc1. The van der Waals surface area contributed by atoms with E-state index in [0.29, 0.717) is 11.7 Å². The molecule has 0 unspecified atom stereocenters. The molecule has 1 aromatic carbocycles. The third-order valence-electron chi connectivity index (χ3n) is 4.03. The fourth-order valence-electron chi connectivity index (χ4n) is 2.71. The van der Waals surface area contributed by atoms with Crippen LogP contribution in [0.15, 0.2) is 30.5 Å². The molecule has 1 saturated carbocycles. The normalized spacial score (nSPS) is 15.3. The van der Waals surface area contributed by atoms with Crippen molar-refractivity contribution >= 4 is 5.91 Å². The molecule has 5 heteroatoms. The van der Waals surface area contributed by atoms with E-state index in [4.69, 9.17) is 0 Å². The maximum absolute atomic E-state index is 12.1. The lowest BCUT2D eigenvalue weighted by Gasteiger charge is -2.09. The Hall–Kier alpha value is -2.17. The molecule has 110 valence electrons. The van der Waals surface area contributed by atoms with Crippen LogP contribution >= 0.6 is 0 Å². The summed E-state index contributed by atoms with van der Waals surface area (Å²) in [5.74, 6) is -0.127. The predicted octanol–water partition coefficient (Wildman–Crippen LogP) is 2.50. The van der Waals surface area contributed by atoms with Crippen molar-refractivity contribution in [2.45, 2.75) is 45.1 Å². The molecule has 0 spiro atoms. The number of aryl methyl sites for hydroxylation is 1. The predicted molar refractivity (Wildman–Crippen MR) is 80.5 cm³/mol. The van der Waals surface area contributed by atoms with Gasteiger partial charge in [-0.05, 0) is 37.0 Å². The van der Waals surface area contributed by atoms with Crippen molar-refractivity contribution < 1.29 is 4.79 Å². The number of carbonyl (C=O) groups excluding carboxylic acids is 1. The molecule has 3 rings (SSSR count). The van der Waals surface area contributed by atoms with Gasteiger partial charge in [0.05, 0.1) is 11.9 Å². The third kappa shape index (κ3) is 3.12. The summed E-state index contributed by atoms with van der Waals surface area (Å²) in [6, 6.07) is 8.41. The van der Waals surface area contributed by atoms with Gasteiger partial charge in [0.15, 0.2) is 5.69 Å². The van der Waals surface area contributed by atoms with Gasteiger partial charge in [0.1, 0.15) is 0 Å². The minimum atomic E-state index is -0.127. The van der Waals surface area contributed by atoms with Gasteiger partial charge in [0.2, 0.25) is 0 Å². The quantitative estimate of drug-likeness (QED) is 0.938. The first-order valence-corrected chi connectivity index (χ1v) is 7.59. The van der Waals surface area contributed by atoms with Crippen LogP contribution in [0.25, 0.3) is 5.69 Å². The smallest absolute Gasteiger partial charge is 0.273 e. The zero-order valence-electron chi connectivity index (χ0n) is 12.2. The molecule has 1 heterocycles. The molecule has 1 amide bonds. The van der Waals surface area contributed by atoms with Crippen molar-refractivity contribution in [2.24, 2.45) is 0 Å². The van der Waals surface area contributed by atoms with E-state index in [-0.39, 0.29) is 5.91 Å². The van der Waals surface area contributed by atoms with Gasteiger partial charge in [-0.3, -0.25) is 4.79 Å². The van der Waals surface area contributed by atoms with Gasteiger partial charge >= 0.3 is 0 Å². The summed E-state index contributed by atoms with van der Waals surface area (Å²) in [6.45, 7) is 2.12. The Morgan fingerprint density at radius 2 is 2.00 bits per heavy atom. The fraction of sp³-hybridized carbons (Fsp3) is 0.438. The van der Waals surface area contributed by atoms with E-state index in [9.17, 15) is 4.79 Å². The molecule has 1 N–H and O–H groups in total. The highest BCUT2D eigenvalue weighted by atomic mass is 16.2. The van der Waals surface area contributed by atoms with Crippen LogP contribution in [-0.2, 0) is 6.42 Å². The summed E-state index contributed by atoms with van der Waals surface area (Å²) in [6.07, 6.45) is 7.22. The van der Waals surface area contributed by atoms with Crippen molar-refractivity contribution in [3.05, 3.63) is 41.7 Å². The lowest BCUT2D eigenvalue weighted by atomic mass is 10.1. The number of hydrogen-bond donors (Lipinski definition) is 1. The number of aromatic nitrogens is 3. The lowest BCUT2D eigenvalue weighted by molar-refractivity contribution is 0.0932. The standard InChI is InChI=1S/C16H20N4O/c1-2-12-7-9-14(10-8-12)20-11-15(18-19-20)16(21)17-13-5-3-4-6-13/h7-11,13H,2-6H2,1H3,(H,17,21). The van der Waals surface area contributed by atoms with Crippen molar-refractivity contribution in [1.29, 1.82) is 0 Å². The van der Waals surface area contributed by atoms with Crippen molar-refractivity contribution in [3.8, 4) is 5.69 Å². The average molecular weight is 284 g/mol. The van der Waals surface area contributed by atoms with Crippen LogP contribution in [0.2, 0.25) is 0 Å². The molecule has 21 heavy (non-hydrogen) atoms. The topological polar surface area (TPSA) is 59.8 Å². The Morgan fingerprint density at radius 1 is 1.29 bits per heavy atom. The molecule has 5 nitrogen and oxygen atoms in total. The van der Waals surface area contributed by atoms with Crippen LogP contribution < -0.4 is 5.32 Å². The van der Waals surface area contributed by atoms with Gasteiger partial charge in [-0.1, -0.05) is 37.1 Å². The minimum absolute atomic E-state index is 0.127. The number of nitrogens with one attached hydrogen (secondary N) is 1. The van der Waals surface area contributed by atoms with Crippen LogP contribution in [0.1, 0.15) is 48.7 Å². The van der Waals surface area contributed by atoms with Gasteiger partial charge < -0.3 is 5.32 Å². The number of rotatable bonds is 4. The summed E-state index contributed by atoms with van der Waals surface area (Å²) < 4.78 is 1.64. The largest absolute Gasteiger partial charge is 0.348 e. The molecule has 0 radical (unpaired) electrons. The second-order valence-electron chi connectivity index (χ2n) is 5.52. The van der Waals surface area contributed by atoms with Gasteiger partial charge in [-0.2, -0.15) is 0 Å². The lowest BCUT2D eigenvalue weighted by Crippen LogP contribution is -2.32. The van der Waals surface area contributed by atoms with E-state index in [2.05, 4.69) is 34.7 Å². The minimum Gasteiger partial charge on any atom is -0.348 e. The summed E-state index contributed by atoms with van der Waals surface area (Å²) in [4.78, 5) is 12.1. The van der Waals surface area contributed by atoms with Crippen LogP contribution in [0.4, 0.5) is 0 Å². The van der Waals surface area contributed by atoms with E-state index in [1.54, 1.807) is 10.9 Å². The first-order valence-electron chi connectivity index (χ1n) is 7.59. The van der Waals surface area contributed by atoms with E-state index in [1.165, 1.54) is 18.4 Å². The summed E-state index contributed by atoms with van der Waals surface area (Å²) in [7, 11) is 0. The number of nitrogens with zero attached hydrogens (tertiary/aromatic N) is 3. The summed E-state index contributed by atoms with van der Waals surface area (Å²) in [5.41, 5.74) is 2.57.